The number of piperidine rings is 2. The molecule has 318 valence electrons. The Kier molecular flexibility index (Phi) is 9.55. The van der Waals surface area contributed by atoms with Gasteiger partial charge in [-0.15, -0.1) is 0 Å². The standard InChI is InChI=1S/C47H49F2N5O7/c1-2-36(30-3-9-33(55)10-4-30)41(31-5-11-34(56)12-6-31)32-7-13-35(14-8-32)61-26-25-51-19-17-29(18-20-51)28-52-21-23-53(24-22-52)39-27-37-42(44(49)43(39)48)47(60)54(46(37)59)38-15-16-40(57)50-45(38)58/h3-14,27,29,38,55-56H,2,15-26,28H2,1H3,(H,50,57,58)/i21D2,22D2,23D2,24D2. The van der Waals surface area contributed by atoms with Gasteiger partial charge < -0.3 is 19.8 Å². The van der Waals surface area contributed by atoms with E-state index in [0.29, 0.717) is 67.1 Å². The summed E-state index contributed by atoms with van der Waals surface area (Å²) in [5.74, 6) is -8.08. The van der Waals surface area contributed by atoms with Crippen LogP contribution >= 0.6 is 0 Å². The van der Waals surface area contributed by atoms with Gasteiger partial charge in [-0.25, -0.2) is 8.78 Å². The van der Waals surface area contributed by atoms with E-state index in [0.717, 1.165) is 27.8 Å². The molecule has 4 aliphatic heterocycles. The average molecular weight is 842 g/mol. The van der Waals surface area contributed by atoms with Gasteiger partial charge in [0.05, 0.1) is 22.3 Å². The Morgan fingerprint density at radius 3 is 2.00 bits per heavy atom. The van der Waals surface area contributed by atoms with Crippen molar-refractivity contribution in [3.05, 3.63) is 118 Å². The van der Waals surface area contributed by atoms with Crippen LogP contribution in [0.3, 0.4) is 0 Å². The average Bonchev–Trinajstić information content (AvgIpc) is 3.55. The number of phenols is 2. The van der Waals surface area contributed by atoms with Gasteiger partial charge in [0.25, 0.3) is 11.8 Å². The number of amides is 4. The Morgan fingerprint density at radius 1 is 0.787 bits per heavy atom. The van der Waals surface area contributed by atoms with Gasteiger partial charge in [0.15, 0.2) is 11.6 Å². The van der Waals surface area contributed by atoms with E-state index >= 15 is 8.78 Å². The van der Waals surface area contributed by atoms with Crippen molar-refractivity contribution in [3.63, 3.8) is 0 Å². The molecule has 4 amide bonds. The molecule has 0 saturated carbocycles. The summed E-state index contributed by atoms with van der Waals surface area (Å²) in [6.07, 6.45) is 0.873. The summed E-state index contributed by atoms with van der Waals surface area (Å²) in [7, 11) is 0. The summed E-state index contributed by atoms with van der Waals surface area (Å²) in [5.41, 5.74) is 1.35. The smallest absolute Gasteiger partial charge is 0.265 e. The van der Waals surface area contributed by atoms with Crippen LogP contribution in [0.2, 0.25) is 0 Å². The number of fused-ring (bicyclic) bond motifs is 1. The molecule has 1 atom stereocenters. The monoisotopic (exact) mass is 841 g/mol. The van der Waals surface area contributed by atoms with Crippen LogP contribution in [-0.4, -0.2) is 113 Å². The number of allylic oxidation sites excluding steroid dienone is 1. The molecular weight excluding hydrogens is 785 g/mol. The van der Waals surface area contributed by atoms with E-state index in [9.17, 15) is 29.4 Å². The maximum absolute atomic E-state index is 16.1. The van der Waals surface area contributed by atoms with Gasteiger partial charge in [-0.1, -0.05) is 43.3 Å². The first-order chi connectivity index (χ1) is 32.5. The number of aromatic hydroxyl groups is 2. The second kappa shape index (κ2) is 17.8. The van der Waals surface area contributed by atoms with Gasteiger partial charge in [-0.2, -0.15) is 0 Å². The number of phenolic OH excluding ortho intramolecular Hbond substituents is 2. The van der Waals surface area contributed by atoms with E-state index in [1.54, 1.807) is 24.3 Å². The van der Waals surface area contributed by atoms with Gasteiger partial charge in [-0.05, 0) is 115 Å². The largest absolute Gasteiger partial charge is 0.508 e. The lowest BCUT2D eigenvalue weighted by molar-refractivity contribution is -0.136. The fourth-order valence-corrected chi connectivity index (χ4v) is 8.19. The maximum Gasteiger partial charge on any atom is 0.265 e. The van der Waals surface area contributed by atoms with E-state index in [1.807, 2.05) is 60.8 Å². The number of likely N-dealkylation sites (tertiary alicyclic amines) is 1. The minimum atomic E-state index is -3.64. The van der Waals surface area contributed by atoms with Crippen LogP contribution in [-0.2, 0) is 9.59 Å². The molecule has 3 saturated heterocycles. The van der Waals surface area contributed by atoms with Crippen molar-refractivity contribution in [2.45, 2.75) is 45.1 Å². The maximum atomic E-state index is 16.1. The summed E-state index contributed by atoms with van der Waals surface area (Å²) in [6, 6.07) is 20.4. The summed E-state index contributed by atoms with van der Waals surface area (Å²) in [6.45, 7) is -10.7. The zero-order chi connectivity index (χ0) is 50.0. The molecule has 4 heterocycles. The van der Waals surface area contributed by atoms with Crippen molar-refractivity contribution in [1.82, 2.24) is 20.0 Å². The normalized spacial score (nSPS) is 24.8. The lowest BCUT2D eigenvalue weighted by Gasteiger charge is -2.39. The second-order valence-electron chi connectivity index (χ2n) is 15.2. The Hall–Kier alpha value is -6.12. The van der Waals surface area contributed by atoms with Crippen molar-refractivity contribution < 1.29 is 53.9 Å². The number of piperazine rings is 1. The predicted octanol–water partition coefficient (Wildman–Crippen LogP) is 6.06. The minimum absolute atomic E-state index is 0.139. The van der Waals surface area contributed by atoms with Crippen molar-refractivity contribution >= 4 is 40.5 Å². The van der Waals surface area contributed by atoms with Crippen molar-refractivity contribution in [2.75, 3.05) is 63.7 Å². The van der Waals surface area contributed by atoms with Crippen LogP contribution in [0.1, 0.15) is 87.4 Å². The molecule has 14 heteroatoms. The minimum Gasteiger partial charge on any atom is -0.508 e. The van der Waals surface area contributed by atoms with Crippen molar-refractivity contribution in [2.24, 2.45) is 5.92 Å². The third-order valence-electron chi connectivity index (χ3n) is 11.4. The van der Waals surface area contributed by atoms with Crippen molar-refractivity contribution in [3.8, 4) is 17.2 Å². The first-order valence-corrected chi connectivity index (χ1v) is 20.1. The number of halogens is 2. The number of rotatable bonds is 12. The van der Waals surface area contributed by atoms with Crippen LogP contribution in [0.4, 0.5) is 14.5 Å². The Morgan fingerprint density at radius 2 is 1.39 bits per heavy atom. The lowest BCUT2D eigenvalue weighted by Crippen LogP contribution is -2.54. The van der Waals surface area contributed by atoms with Crippen LogP contribution < -0.4 is 15.0 Å². The SMILES string of the molecule is [2H]C1([2H])N(CC2CCN(CCOc3ccc(C(=C(CC)c4ccc(O)cc4)c4ccc(O)cc4)cc3)CC2)C([2H])([2H])C([2H])([2H])N(c2cc3c(c(F)c2F)C(=O)N(C2CCC(=O)NC2=O)C3=O)C1([2H])[2H]. The fourth-order valence-electron chi connectivity index (χ4n) is 8.19. The highest BCUT2D eigenvalue weighted by molar-refractivity contribution is 6.24. The first-order valence-electron chi connectivity index (χ1n) is 24.1. The van der Waals surface area contributed by atoms with E-state index in [-0.39, 0.29) is 29.2 Å². The van der Waals surface area contributed by atoms with Crippen LogP contribution in [0, 0.1) is 17.6 Å². The van der Waals surface area contributed by atoms with Crippen LogP contribution in [0.5, 0.6) is 17.2 Å². The van der Waals surface area contributed by atoms with E-state index < -0.39 is 96.6 Å². The zero-order valence-corrected chi connectivity index (χ0v) is 33.2. The van der Waals surface area contributed by atoms with Gasteiger partial charge in [0.1, 0.15) is 29.9 Å². The van der Waals surface area contributed by atoms with Gasteiger partial charge >= 0.3 is 0 Å². The molecule has 1 unspecified atom stereocenters. The van der Waals surface area contributed by atoms with Crippen molar-refractivity contribution in [1.29, 1.82) is 0 Å². The number of ether oxygens (including phenoxy) is 1. The number of carbonyl (C=O) groups is 4. The lowest BCUT2D eigenvalue weighted by atomic mass is 9.88. The molecule has 3 N–H and O–H groups in total. The number of anilines is 1. The van der Waals surface area contributed by atoms with Gasteiger partial charge in [0.2, 0.25) is 11.8 Å². The zero-order valence-electron chi connectivity index (χ0n) is 41.2. The molecule has 61 heavy (non-hydrogen) atoms. The summed E-state index contributed by atoms with van der Waals surface area (Å²) in [4.78, 5) is 53.7. The van der Waals surface area contributed by atoms with E-state index in [2.05, 4.69) is 4.90 Å². The topological polar surface area (TPSA) is 143 Å². The number of imide groups is 2. The molecule has 0 spiro atoms. The number of hydrogen-bond donors (Lipinski definition) is 3. The highest BCUT2D eigenvalue weighted by Crippen LogP contribution is 2.38. The molecule has 0 aromatic heterocycles. The van der Waals surface area contributed by atoms with Gasteiger partial charge in [0, 0.05) is 51.0 Å². The van der Waals surface area contributed by atoms with Crippen LogP contribution in [0.25, 0.3) is 11.1 Å². The summed E-state index contributed by atoms with van der Waals surface area (Å²) in [5, 5.41) is 21.8. The quantitative estimate of drug-likeness (QED) is 0.114. The number of nitrogens with zero attached hydrogens (tertiary/aromatic N) is 4. The predicted molar refractivity (Wildman–Crippen MR) is 225 cm³/mol. The molecule has 8 rings (SSSR count). The highest BCUT2D eigenvalue weighted by Gasteiger charge is 2.47. The molecule has 4 aromatic rings. The Labute approximate surface area is 364 Å². The Bertz CT molecular complexity index is 2690. The molecule has 0 aliphatic carbocycles. The van der Waals surface area contributed by atoms with E-state index in [1.165, 1.54) is 0 Å². The molecule has 12 nitrogen and oxygen atoms in total. The number of nitrogens with one attached hydrogen (secondary N) is 1. The summed E-state index contributed by atoms with van der Waals surface area (Å²) < 4.78 is 110. The third kappa shape index (κ3) is 8.73. The van der Waals surface area contributed by atoms with E-state index in [4.69, 9.17) is 15.7 Å². The molecule has 0 radical (unpaired) electrons. The molecule has 0 bridgehead atoms. The highest BCUT2D eigenvalue weighted by atomic mass is 19.2. The van der Waals surface area contributed by atoms with Crippen LogP contribution in [0.15, 0.2) is 78.9 Å². The molecular formula is C47H49F2N5O7. The fraction of sp³-hybridized carbons (Fsp3) is 0.362. The molecule has 3 fully saturated rings. The second-order valence-corrected chi connectivity index (χ2v) is 15.2. The molecule has 4 aromatic carbocycles. The number of hydrogen-bond acceptors (Lipinski definition) is 10. The summed E-state index contributed by atoms with van der Waals surface area (Å²) >= 11 is 0. The third-order valence-corrected chi connectivity index (χ3v) is 11.4. The number of benzene rings is 4. The van der Waals surface area contributed by atoms with Gasteiger partial charge in [-0.3, -0.25) is 39.2 Å². The molecule has 4 aliphatic rings. The Balaban J connectivity index is 0.927. The first kappa shape index (κ1) is 32.6. The number of carbonyl (C=O) groups excluding carboxylic acids is 4.